The van der Waals surface area contributed by atoms with Crippen LogP contribution < -0.4 is 0 Å². The Labute approximate surface area is 195 Å². The lowest BCUT2D eigenvalue weighted by Crippen LogP contribution is -2.00. The van der Waals surface area contributed by atoms with Gasteiger partial charge < -0.3 is 4.42 Å². The minimum absolute atomic E-state index is 0.878. The smallest absolute Gasteiger partial charge is 0.143 e. The molecule has 5 aromatic carbocycles. The van der Waals surface area contributed by atoms with Crippen LogP contribution in [0.5, 0.6) is 0 Å². The molecule has 0 radical (unpaired) electrons. The average molecular weight is 437 g/mol. The normalized spacial score (nSPS) is 12.4. The van der Waals surface area contributed by atoms with E-state index in [9.17, 15) is 0 Å². The molecule has 0 N–H and O–H groups in total. The van der Waals surface area contributed by atoms with Crippen LogP contribution in [0.2, 0.25) is 0 Å². The maximum atomic E-state index is 6.35. The van der Waals surface area contributed by atoms with Crippen molar-refractivity contribution in [3.8, 4) is 27.9 Å². The Hall–Kier alpha value is -4.37. The van der Waals surface area contributed by atoms with Crippen molar-refractivity contribution in [2.75, 3.05) is 0 Å². The third-order valence-corrected chi connectivity index (χ3v) is 7.29. The molecule has 0 spiro atoms. The van der Waals surface area contributed by atoms with Gasteiger partial charge in [0.05, 0.1) is 11.0 Å². The first kappa shape index (κ1) is 18.1. The number of imidazole rings is 1. The number of fused-ring (bicyclic) bond motifs is 8. The van der Waals surface area contributed by atoms with Gasteiger partial charge in [0.1, 0.15) is 17.0 Å². The summed E-state index contributed by atoms with van der Waals surface area (Å²) in [5.41, 5.74) is 10.4. The Morgan fingerprint density at radius 3 is 2.50 bits per heavy atom. The highest BCUT2D eigenvalue weighted by Crippen LogP contribution is 2.51. The first-order chi connectivity index (χ1) is 16.8. The Morgan fingerprint density at radius 2 is 1.56 bits per heavy atom. The van der Waals surface area contributed by atoms with Crippen LogP contribution in [-0.4, -0.2) is 9.55 Å². The minimum atomic E-state index is 0.878. The molecule has 1 aliphatic rings. The van der Waals surface area contributed by atoms with Crippen LogP contribution in [0, 0.1) is 0 Å². The summed E-state index contributed by atoms with van der Waals surface area (Å²) in [5, 5.41) is 4.81. The molecular weight excluding hydrogens is 416 g/mol. The zero-order valence-electron chi connectivity index (χ0n) is 18.7. The quantitative estimate of drug-likeness (QED) is 0.273. The highest BCUT2D eigenvalue weighted by Gasteiger charge is 2.25. The van der Waals surface area contributed by atoms with Crippen molar-refractivity contribution in [3.63, 3.8) is 0 Å². The predicted octanol–water partition coefficient (Wildman–Crippen LogP) is 8.29. The van der Waals surface area contributed by atoms with Crippen LogP contribution >= 0.6 is 0 Å². The fraction of sp³-hybridized carbons (Fsp3) is 0.0645. The lowest BCUT2D eigenvalue weighted by atomic mass is 9.99. The van der Waals surface area contributed by atoms with Gasteiger partial charge in [-0.1, -0.05) is 61.5 Å². The van der Waals surface area contributed by atoms with Gasteiger partial charge >= 0.3 is 0 Å². The third-order valence-electron chi connectivity index (χ3n) is 7.29. The first-order valence-electron chi connectivity index (χ1n) is 11.8. The number of hydrogen-bond acceptors (Lipinski definition) is 2. The van der Waals surface area contributed by atoms with Crippen LogP contribution in [0.25, 0.3) is 71.7 Å². The summed E-state index contributed by atoms with van der Waals surface area (Å²) in [4.78, 5) is 4.90. The zero-order valence-corrected chi connectivity index (χ0v) is 18.7. The van der Waals surface area contributed by atoms with Gasteiger partial charge in [0, 0.05) is 33.7 Å². The Bertz CT molecular complexity index is 1950. The summed E-state index contributed by atoms with van der Waals surface area (Å²) in [6.07, 6.45) is 0.878. The van der Waals surface area contributed by atoms with Crippen LogP contribution in [0.3, 0.4) is 0 Å². The van der Waals surface area contributed by atoms with Gasteiger partial charge in [-0.3, -0.25) is 4.57 Å². The molecule has 0 saturated carbocycles. The minimum Gasteiger partial charge on any atom is -0.455 e. The van der Waals surface area contributed by atoms with E-state index < -0.39 is 0 Å². The van der Waals surface area contributed by atoms with Crippen molar-refractivity contribution in [1.82, 2.24) is 9.55 Å². The molecule has 0 saturated heterocycles. The molecule has 34 heavy (non-hydrogen) atoms. The molecule has 2 aromatic heterocycles. The van der Waals surface area contributed by atoms with Crippen LogP contribution in [0.1, 0.15) is 12.7 Å². The van der Waals surface area contributed by atoms with Gasteiger partial charge in [-0.2, -0.15) is 0 Å². The largest absolute Gasteiger partial charge is 0.455 e. The van der Waals surface area contributed by atoms with Crippen LogP contribution in [0.15, 0.2) is 95.4 Å². The van der Waals surface area contributed by atoms with E-state index in [1.165, 1.54) is 43.8 Å². The summed E-state index contributed by atoms with van der Waals surface area (Å²) in [6.45, 7) is 2.17. The molecule has 1 aliphatic carbocycles. The second-order valence-corrected chi connectivity index (χ2v) is 9.06. The molecule has 0 unspecified atom stereocenters. The van der Waals surface area contributed by atoms with Crippen molar-refractivity contribution in [2.24, 2.45) is 0 Å². The number of hydrogen-bond donors (Lipinski definition) is 0. The summed E-state index contributed by atoms with van der Waals surface area (Å²) in [5.74, 6) is 1.08. The molecular formula is C31H20N2O. The van der Waals surface area contributed by atoms with Crippen LogP contribution in [-0.2, 0) is 6.42 Å². The van der Waals surface area contributed by atoms with E-state index in [1.54, 1.807) is 0 Å². The van der Waals surface area contributed by atoms with E-state index in [1.807, 2.05) is 6.07 Å². The topological polar surface area (TPSA) is 31.0 Å². The monoisotopic (exact) mass is 436 g/mol. The molecule has 0 atom stereocenters. The van der Waals surface area contributed by atoms with Gasteiger partial charge in [-0.15, -0.1) is 0 Å². The highest BCUT2D eigenvalue weighted by molar-refractivity contribution is 6.25. The Balaban J connectivity index is 1.46. The van der Waals surface area contributed by atoms with E-state index in [-0.39, 0.29) is 0 Å². The van der Waals surface area contributed by atoms with E-state index >= 15 is 0 Å². The van der Waals surface area contributed by atoms with Crippen molar-refractivity contribution >= 4 is 43.7 Å². The first-order valence-corrected chi connectivity index (χ1v) is 11.8. The predicted molar refractivity (Wildman–Crippen MR) is 140 cm³/mol. The van der Waals surface area contributed by atoms with Gasteiger partial charge in [0.2, 0.25) is 0 Å². The van der Waals surface area contributed by atoms with E-state index in [0.717, 1.165) is 40.1 Å². The third kappa shape index (κ3) is 2.19. The summed E-state index contributed by atoms with van der Waals surface area (Å²) in [7, 11) is 0. The van der Waals surface area contributed by atoms with E-state index in [2.05, 4.69) is 96.4 Å². The number of benzene rings is 5. The van der Waals surface area contributed by atoms with Crippen molar-refractivity contribution in [3.05, 3.63) is 96.8 Å². The summed E-state index contributed by atoms with van der Waals surface area (Å²) >= 11 is 0. The fourth-order valence-electron chi connectivity index (χ4n) is 5.82. The number of furan rings is 1. The van der Waals surface area contributed by atoms with Crippen molar-refractivity contribution < 1.29 is 4.42 Å². The average Bonchev–Trinajstić information content (AvgIpc) is 3.55. The number of rotatable bonds is 2. The lowest BCUT2D eigenvalue weighted by molar-refractivity contribution is 0.672. The number of aryl methyl sites for hydroxylation is 1. The van der Waals surface area contributed by atoms with Crippen molar-refractivity contribution in [1.29, 1.82) is 0 Å². The van der Waals surface area contributed by atoms with Gasteiger partial charge in [0.25, 0.3) is 0 Å². The molecule has 3 heteroatoms. The molecule has 7 aromatic rings. The molecule has 0 amide bonds. The number of aromatic nitrogens is 2. The SMILES string of the molecule is CCc1nc2ccccc2n1-c1ccc2c(c1)-c1cc3c4ccccc4oc3c3cccc-2c13. The number of para-hydroxylation sites is 3. The fourth-order valence-corrected chi connectivity index (χ4v) is 5.82. The molecule has 0 bridgehead atoms. The second kappa shape index (κ2) is 6.36. The van der Waals surface area contributed by atoms with Gasteiger partial charge in [-0.25, -0.2) is 4.98 Å². The summed E-state index contributed by atoms with van der Waals surface area (Å²) in [6, 6.07) is 32.5. The molecule has 160 valence electrons. The standard InChI is InChI=1S/C31H20N2O/c1-2-29-32-26-11-4-5-12-27(26)33(29)18-14-15-19-21-9-7-10-22-30(21)24(23(19)16-18)17-25-20-8-3-6-13-28(20)34-31(22)25/h3-17H,2H2,1H3. The van der Waals surface area contributed by atoms with Crippen molar-refractivity contribution in [2.45, 2.75) is 13.3 Å². The zero-order chi connectivity index (χ0) is 22.4. The Morgan fingerprint density at radius 1 is 0.706 bits per heavy atom. The van der Waals surface area contributed by atoms with Gasteiger partial charge in [0.15, 0.2) is 0 Å². The van der Waals surface area contributed by atoms with E-state index in [0.29, 0.717) is 0 Å². The van der Waals surface area contributed by atoms with Gasteiger partial charge in [-0.05, 0) is 58.7 Å². The maximum absolute atomic E-state index is 6.35. The molecule has 2 heterocycles. The van der Waals surface area contributed by atoms with E-state index in [4.69, 9.17) is 9.40 Å². The highest BCUT2D eigenvalue weighted by atomic mass is 16.3. The molecule has 3 nitrogen and oxygen atoms in total. The molecule has 0 aliphatic heterocycles. The van der Waals surface area contributed by atoms with Crippen LogP contribution in [0.4, 0.5) is 0 Å². The Kier molecular flexibility index (Phi) is 3.39. The summed E-state index contributed by atoms with van der Waals surface area (Å²) < 4.78 is 8.66. The maximum Gasteiger partial charge on any atom is 0.143 e. The lowest BCUT2D eigenvalue weighted by Gasteiger charge is -2.11. The number of nitrogens with zero attached hydrogens (tertiary/aromatic N) is 2. The molecule has 0 fully saturated rings. The second-order valence-electron chi connectivity index (χ2n) is 9.06. The molecule has 8 rings (SSSR count).